The highest BCUT2D eigenvalue weighted by Gasteiger charge is 2.15. The fourth-order valence-electron chi connectivity index (χ4n) is 3.35. The van der Waals surface area contributed by atoms with E-state index >= 15 is 0 Å². The molecule has 3 aromatic carbocycles. The Labute approximate surface area is 170 Å². The van der Waals surface area contributed by atoms with E-state index in [-0.39, 0.29) is 5.56 Å². The number of nitrogens with zero attached hydrogens (tertiary/aromatic N) is 1. The molecule has 0 aliphatic heterocycles. The number of hydrogen-bond acceptors (Lipinski definition) is 5. The SMILES string of the molecule is Cc1ccccc1-c1nc2ccc(NC(=O)c3cc4ccccc4oc3=O)cc2o1. The standard InChI is InChI=1S/C24H16N2O4/c1-14-6-2-4-8-17(14)23-26-19-11-10-16(13-21(19)29-23)25-22(27)18-12-15-7-3-5-9-20(15)30-24(18)28/h2-13H,1H3,(H,25,27). The van der Waals surface area contributed by atoms with E-state index in [2.05, 4.69) is 10.3 Å². The molecule has 0 spiro atoms. The largest absolute Gasteiger partial charge is 0.436 e. The number of aryl methyl sites for hydroxylation is 1. The number of anilines is 1. The van der Waals surface area contributed by atoms with E-state index in [1.807, 2.05) is 37.3 Å². The van der Waals surface area contributed by atoms with Gasteiger partial charge >= 0.3 is 5.63 Å². The van der Waals surface area contributed by atoms with Crippen LogP contribution in [-0.4, -0.2) is 10.9 Å². The molecule has 0 aliphatic rings. The van der Waals surface area contributed by atoms with Crippen molar-refractivity contribution < 1.29 is 13.6 Å². The highest BCUT2D eigenvalue weighted by atomic mass is 16.4. The van der Waals surface area contributed by atoms with Crippen molar-refractivity contribution in [2.24, 2.45) is 0 Å². The maximum atomic E-state index is 12.7. The smallest absolute Gasteiger partial charge is 0.349 e. The lowest BCUT2D eigenvalue weighted by atomic mass is 10.1. The molecule has 0 saturated carbocycles. The van der Waals surface area contributed by atoms with Gasteiger partial charge in [0.25, 0.3) is 5.91 Å². The van der Waals surface area contributed by atoms with Gasteiger partial charge in [0, 0.05) is 22.7 Å². The molecule has 0 radical (unpaired) electrons. The zero-order chi connectivity index (χ0) is 20.7. The van der Waals surface area contributed by atoms with Crippen LogP contribution in [0.15, 0.2) is 86.4 Å². The van der Waals surface area contributed by atoms with Gasteiger partial charge in [0.2, 0.25) is 5.89 Å². The second kappa shape index (κ2) is 7.00. The van der Waals surface area contributed by atoms with Crippen LogP contribution in [0.2, 0.25) is 0 Å². The lowest BCUT2D eigenvalue weighted by Crippen LogP contribution is -2.20. The van der Waals surface area contributed by atoms with Crippen LogP contribution in [0.3, 0.4) is 0 Å². The lowest BCUT2D eigenvalue weighted by molar-refractivity contribution is 0.102. The van der Waals surface area contributed by atoms with Crippen molar-refractivity contribution >= 4 is 33.7 Å². The Kier molecular flexibility index (Phi) is 4.17. The van der Waals surface area contributed by atoms with Gasteiger partial charge in [-0.05, 0) is 42.8 Å². The van der Waals surface area contributed by atoms with Crippen LogP contribution in [0.5, 0.6) is 0 Å². The summed E-state index contributed by atoms with van der Waals surface area (Å²) in [6.45, 7) is 1.99. The van der Waals surface area contributed by atoms with Crippen LogP contribution in [0.1, 0.15) is 15.9 Å². The number of carbonyl (C=O) groups is 1. The fraction of sp³-hybridized carbons (Fsp3) is 0.0417. The van der Waals surface area contributed by atoms with Crippen LogP contribution in [0.4, 0.5) is 5.69 Å². The van der Waals surface area contributed by atoms with Gasteiger partial charge in [-0.3, -0.25) is 4.79 Å². The molecule has 0 fully saturated rings. The molecule has 146 valence electrons. The van der Waals surface area contributed by atoms with E-state index in [9.17, 15) is 9.59 Å². The molecular formula is C24H16N2O4. The molecule has 1 N–H and O–H groups in total. The molecule has 0 saturated heterocycles. The summed E-state index contributed by atoms with van der Waals surface area (Å²) in [4.78, 5) is 29.4. The van der Waals surface area contributed by atoms with Crippen molar-refractivity contribution in [3.05, 3.63) is 94.3 Å². The molecule has 6 heteroatoms. The summed E-state index contributed by atoms with van der Waals surface area (Å²) in [5, 5.41) is 3.41. The number of rotatable bonds is 3. The van der Waals surface area contributed by atoms with E-state index < -0.39 is 11.5 Å². The second-order valence-corrected chi connectivity index (χ2v) is 6.96. The predicted octanol–water partition coefficient (Wildman–Crippen LogP) is 5.16. The number of benzene rings is 3. The third-order valence-corrected chi connectivity index (χ3v) is 4.91. The quantitative estimate of drug-likeness (QED) is 0.426. The highest BCUT2D eigenvalue weighted by Crippen LogP contribution is 2.28. The van der Waals surface area contributed by atoms with Gasteiger partial charge in [0.05, 0.1) is 0 Å². The number of hydrogen-bond donors (Lipinski definition) is 1. The van der Waals surface area contributed by atoms with E-state index in [0.717, 1.165) is 11.1 Å². The molecule has 0 bridgehead atoms. The Morgan fingerprint density at radius 2 is 1.70 bits per heavy atom. The summed E-state index contributed by atoms with van der Waals surface area (Å²) in [7, 11) is 0. The van der Waals surface area contributed by atoms with Gasteiger partial charge in [0.15, 0.2) is 5.58 Å². The lowest BCUT2D eigenvalue weighted by Gasteiger charge is -2.05. The van der Waals surface area contributed by atoms with Gasteiger partial charge in [-0.25, -0.2) is 9.78 Å². The normalized spacial score (nSPS) is 11.1. The van der Waals surface area contributed by atoms with Gasteiger partial charge in [-0.1, -0.05) is 36.4 Å². The van der Waals surface area contributed by atoms with Gasteiger partial charge in [0.1, 0.15) is 16.7 Å². The third-order valence-electron chi connectivity index (χ3n) is 4.91. The van der Waals surface area contributed by atoms with Crippen molar-refractivity contribution in [1.29, 1.82) is 0 Å². The Balaban J connectivity index is 1.47. The highest BCUT2D eigenvalue weighted by molar-refractivity contribution is 6.06. The van der Waals surface area contributed by atoms with E-state index in [0.29, 0.717) is 33.6 Å². The average Bonchev–Trinajstić information content (AvgIpc) is 3.16. The molecule has 5 rings (SSSR count). The Hall–Kier alpha value is -4.19. The van der Waals surface area contributed by atoms with Gasteiger partial charge in [-0.2, -0.15) is 0 Å². The molecule has 5 aromatic rings. The van der Waals surface area contributed by atoms with E-state index in [1.165, 1.54) is 6.07 Å². The number of para-hydroxylation sites is 1. The molecule has 0 unspecified atom stereocenters. The van der Waals surface area contributed by atoms with Gasteiger partial charge < -0.3 is 14.2 Å². The van der Waals surface area contributed by atoms with Crippen LogP contribution < -0.4 is 10.9 Å². The minimum atomic E-state index is -0.686. The number of fused-ring (bicyclic) bond motifs is 2. The maximum Gasteiger partial charge on any atom is 0.349 e. The minimum absolute atomic E-state index is 0.0630. The van der Waals surface area contributed by atoms with Gasteiger partial charge in [-0.15, -0.1) is 0 Å². The van der Waals surface area contributed by atoms with E-state index in [4.69, 9.17) is 8.83 Å². The molecule has 1 amide bonds. The Morgan fingerprint density at radius 1 is 0.900 bits per heavy atom. The molecule has 0 aliphatic carbocycles. The summed E-state index contributed by atoms with van der Waals surface area (Å²) in [6.07, 6.45) is 0. The Morgan fingerprint density at radius 3 is 2.57 bits per heavy atom. The topological polar surface area (TPSA) is 85.3 Å². The predicted molar refractivity (Wildman–Crippen MR) is 115 cm³/mol. The number of carbonyl (C=O) groups excluding carboxylic acids is 1. The van der Waals surface area contributed by atoms with E-state index in [1.54, 1.807) is 36.4 Å². The van der Waals surface area contributed by atoms with Crippen molar-refractivity contribution in [2.45, 2.75) is 6.92 Å². The first-order chi connectivity index (χ1) is 14.6. The van der Waals surface area contributed by atoms with Crippen molar-refractivity contribution in [2.75, 3.05) is 5.32 Å². The maximum absolute atomic E-state index is 12.7. The molecule has 2 heterocycles. The van der Waals surface area contributed by atoms with Crippen molar-refractivity contribution in [3.8, 4) is 11.5 Å². The summed E-state index contributed by atoms with van der Waals surface area (Å²) in [6, 6.07) is 21.6. The number of amides is 1. The van der Waals surface area contributed by atoms with Crippen LogP contribution in [-0.2, 0) is 0 Å². The molecule has 2 aromatic heterocycles. The fourth-order valence-corrected chi connectivity index (χ4v) is 3.35. The van der Waals surface area contributed by atoms with Crippen LogP contribution in [0.25, 0.3) is 33.5 Å². The summed E-state index contributed by atoms with van der Waals surface area (Å²) < 4.78 is 11.1. The van der Waals surface area contributed by atoms with Crippen LogP contribution in [0, 0.1) is 6.92 Å². The van der Waals surface area contributed by atoms with Crippen LogP contribution >= 0.6 is 0 Å². The number of aromatic nitrogens is 1. The first-order valence-corrected chi connectivity index (χ1v) is 9.39. The summed E-state index contributed by atoms with van der Waals surface area (Å²) >= 11 is 0. The average molecular weight is 396 g/mol. The summed E-state index contributed by atoms with van der Waals surface area (Å²) in [5.41, 5.74) is 3.36. The number of nitrogens with one attached hydrogen (secondary N) is 1. The third kappa shape index (κ3) is 3.14. The summed E-state index contributed by atoms with van der Waals surface area (Å²) in [5.74, 6) is -0.0331. The molecule has 6 nitrogen and oxygen atoms in total. The second-order valence-electron chi connectivity index (χ2n) is 6.96. The first kappa shape index (κ1) is 17.9. The Bertz CT molecular complexity index is 1480. The molecular weight excluding hydrogens is 380 g/mol. The molecule has 30 heavy (non-hydrogen) atoms. The van der Waals surface area contributed by atoms with Crippen molar-refractivity contribution in [3.63, 3.8) is 0 Å². The monoisotopic (exact) mass is 396 g/mol. The first-order valence-electron chi connectivity index (χ1n) is 9.39. The zero-order valence-corrected chi connectivity index (χ0v) is 16.0. The number of oxazole rings is 1. The molecule has 0 atom stereocenters. The zero-order valence-electron chi connectivity index (χ0n) is 16.0. The van der Waals surface area contributed by atoms with Crippen molar-refractivity contribution in [1.82, 2.24) is 4.98 Å². The minimum Gasteiger partial charge on any atom is -0.436 e.